The number of anilines is 1. The number of hydrogen-bond acceptors (Lipinski definition) is 6. The average molecular weight is 644 g/mol. The Morgan fingerprint density at radius 3 is 2.09 bits per heavy atom. The van der Waals surface area contributed by atoms with E-state index in [1.54, 1.807) is 30.3 Å². The van der Waals surface area contributed by atoms with Crippen LogP contribution in [-0.4, -0.2) is 58.5 Å². The lowest BCUT2D eigenvalue weighted by Crippen LogP contribution is -2.53. The molecule has 242 valence electrons. The van der Waals surface area contributed by atoms with Gasteiger partial charge in [-0.25, -0.2) is 8.42 Å². The van der Waals surface area contributed by atoms with E-state index in [2.05, 4.69) is 5.32 Å². The highest BCUT2D eigenvalue weighted by atomic mass is 32.2. The van der Waals surface area contributed by atoms with E-state index in [4.69, 9.17) is 9.47 Å². The number of ether oxygens (including phenoxy) is 2. The quantitative estimate of drug-likeness (QED) is 0.187. The number of benzene rings is 4. The molecular weight excluding hydrogens is 602 g/mol. The van der Waals surface area contributed by atoms with Crippen LogP contribution in [0.5, 0.6) is 11.5 Å². The van der Waals surface area contributed by atoms with Crippen LogP contribution in [0.3, 0.4) is 0 Å². The van der Waals surface area contributed by atoms with Crippen molar-refractivity contribution in [2.75, 3.05) is 31.6 Å². The summed E-state index contributed by atoms with van der Waals surface area (Å²) in [5.74, 6) is -0.256. The summed E-state index contributed by atoms with van der Waals surface area (Å²) in [6.45, 7) is 3.85. The minimum absolute atomic E-state index is 0.000665. The molecule has 10 heteroatoms. The van der Waals surface area contributed by atoms with Gasteiger partial charge in [-0.1, -0.05) is 85.3 Å². The van der Waals surface area contributed by atoms with Gasteiger partial charge in [-0.15, -0.1) is 0 Å². The number of methoxy groups -OCH3 is 2. The zero-order valence-corrected chi connectivity index (χ0v) is 27.5. The van der Waals surface area contributed by atoms with Crippen LogP contribution in [0.4, 0.5) is 5.69 Å². The summed E-state index contributed by atoms with van der Waals surface area (Å²) in [5.41, 5.74) is 2.85. The maximum atomic E-state index is 14.6. The van der Waals surface area contributed by atoms with Gasteiger partial charge in [0.2, 0.25) is 11.8 Å². The third-order valence-electron chi connectivity index (χ3n) is 7.56. The second-order valence-electron chi connectivity index (χ2n) is 10.9. The summed E-state index contributed by atoms with van der Waals surface area (Å²) in [6.07, 6.45) is 0.955. The number of rotatable bonds is 15. The predicted octanol–water partition coefficient (Wildman–Crippen LogP) is 5.37. The smallest absolute Gasteiger partial charge is 0.264 e. The Kier molecular flexibility index (Phi) is 11.8. The van der Waals surface area contributed by atoms with Gasteiger partial charge in [0.15, 0.2) is 0 Å². The standard InChI is InChI=1S/C36H41N3O6S/c1-5-22-37-36(41)33(23-28-12-8-6-9-13-28)38(25-29-18-16-27(2)17-19-29)35(40)26-39(46(42,43)31-14-10-7-11-15-31)32-24-30(44-3)20-21-34(32)45-4/h6-21,24,33H,5,22-23,25-26H2,1-4H3,(H,37,41). The molecule has 0 aliphatic heterocycles. The molecule has 0 aliphatic rings. The van der Waals surface area contributed by atoms with Crippen molar-refractivity contribution in [2.45, 2.75) is 44.2 Å². The first-order valence-electron chi connectivity index (χ1n) is 15.1. The van der Waals surface area contributed by atoms with E-state index in [1.807, 2.05) is 68.4 Å². The molecule has 46 heavy (non-hydrogen) atoms. The molecule has 4 rings (SSSR count). The van der Waals surface area contributed by atoms with E-state index in [-0.39, 0.29) is 35.2 Å². The molecule has 0 radical (unpaired) electrons. The molecule has 2 amide bonds. The topological polar surface area (TPSA) is 105 Å². The molecule has 1 atom stereocenters. The van der Waals surface area contributed by atoms with Crippen LogP contribution in [0.2, 0.25) is 0 Å². The Labute approximate surface area is 271 Å². The minimum Gasteiger partial charge on any atom is -0.497 e. The number of amides is 2. The monoisotopic (exact) mass is 643 g/mol. The second-order valence-corrected chi connectivity index (χ2v) is 12.7. The van der Waals surface area contributed by atoms with Crippen LogP contribution in [0.15, 0.2) is 108 Å². The van der Waals surface area contributed by atoms with Crippen molar-refractivity contribution in [1.29, 1.82) is 0 Å². The number of carbonyl (C=O) groups is 2. The molecule has 1 N–H and O–H groups in total. The lowest BCUT2D eigenvalue weighted by molar-refractivity contribution is -0.140. The molecule has 0 bridgehead atoms. The first-order chi connectivity index (χ1) is 22.2. The van der Waals surface area contributed by atoms with Gasteiger partial charge in [0.05, 0.1) is 24.8 Å². The summed E-state index contributed by atoms with van der Waals surface area (Å²) < 4.78 is 40.5. The number of nitrogens with one attached hydrogen (secondary N) is 1. The van der Waals surface area contributed by atoms with Crippen LogP contribution in [0.1, 0.15) is 30.0 Å². The van der Waals surface area contributed by atoms with Crippen molar-refractivity contribution in [3.63, 3.8) is 0 Å². The lowest BCUT2D eigenvalue weighted by atomic mass is 10.0. The van der Waals surface area contributed by atoms with Gasteiger partial charge in [0, 0.05) is 25.6 Å². The molecule has 0 heterocycles. The highest BCUT2D eigenvalue weighted by Gasteiger charge is 2.35. The van der Waals surface area contributed by atoms with Gasteiger partial charge in [0.1, 0.15) is 24.1 Å². The largest absolute Gasteiger partial charge is 0.497 e. The predicted molar refractivity (Wildman–Crippen MR) is 179 cm³/mol. The molecule has 1 unspecified atom stereocenters. The van der Waals surface area contributed by atoms with Gasteiger partial charge >= 0.3 is 0 Å². The molecule has 0 spiro atoms. The Balaban J connectivity index is 1.84. The fourth-order valence-electron chi connectivity index (χ4n) is 5.03. The average Bonchev–Trinajstić information content (AvgIpc) is 3.08. The van der Waals surface area contributed by atoms with Crippen molar-refractivity contribution >= 4 is 27.5 Å². The van der Waals surface area contributed by atoms with Gasteiger partial charge in [-0.3, -0.25) is 13.9 Å². The van der Waals surface area contributed by atoms with Crippen molar-refractivity contribution in [1.82, 2.24) is 10.2 Å². The SMILES string of the molecule is CCCNC(=O)C(Cc1ccccc1)N(Cc1ccc(C)cc1)C(=O)CN(c1cc(OC)ccc1OC)S(=O)(=O)c1ccccc1. The Bertz CT molecular complexity index is 1700. The highest BCUT2D eigenvalue weighted by molar-refractivity contribution is 7.92. The molecule has 4 aromatic rings. The number of aryl methyl sites for hydroxylation is 1. The fraction of sp³-hybridized carbons (Fsp3) is 0.278. The van der Waals surface area contributed by atoms with Crippen molar-refractivity contribution < 1.29 is 27.5 Å². The zero-order chi connectivity index (χ0) is 33.1. The molecule has 0 fully saturated rings. The van der Waals surface area contributed by atoms with Gasteiger partial charge in [0.25, 0.3) is 10.0 Å². The Morgan fingerprint density at radius 2 is 1.48 bits per heavy atom. The van der Waals surface area contributed by atoms with Gasteiger partial charge in [-0.2, -0.15) is 0 Å². The second kappa shape index (κ2) is 15.9. The Morgan fingerprint density at radius 1 is 0.826 bits per heavy atom. The molecule has 0 aliphatic carbocycles. The summed E-state index contributed by atoms with van der Waals surface area (Å²) in [4.78, 5) is 29.9. The Hall–Kier alpha value is -4.83. The number of nitrogens with zero attached hydrogens (tertiary/aromatic N) is 2. The number of hydrogen-bond donors (Lipinski definition) is 1. The van der Waals surface area contributed by atoms with Crippen molar-refractivity contribution in [3.8, 4) is 11.5 Å². The number of sulfonamides is 1. The summed E-state index contributed by atoms with van der Waals surface area (Å²) in [5, 5.41) is 2.96. The van der Waals surface area contributed by atoms with E-state index in [1.165, 1.54) is 37.3 Å². The van der Waals surface area contributed by atoms with Crippen LogP contribution in [0, 0.1) is 6.92 Å². The van der Waals surface area contributed by atoms with E-state index in [9.17, 15) is 18.0 Å². The molecule has 0 aromatic heterocycles. The van der Waals surface area contributed by atoms with E-state index >= 15 is 0 Å². The van der Waals surface area contributed by atoms with Gasteiger partial charge < -0.3 is 19.7 Å². The summed E-state index contributed by atoms with van der Waals surface area (Å²) in [7, 11) is -1.39. The van der Waals surface area contributed by atoms with Crippen molar-refractivity contribution in [2.24, 2.45) is 0 Å². The molecule has 0 saturated carbocycles. The van der Waals surface area contributed by atoms with Crippen molar-refractivity contribution in [3.05, 3.63) is 120 Å². The van der Waals surface area contributed by atoms with E-state index < -0.39 is 28.5 Å². The van der Waals surface area contributed by atoms with Crippen LogP contribution in [0.25, 0.3) is 0 Å². The zero-order valence-electron chi connectivity index (χ0n) is 26.7. The first kappa shape index (κ1) is 34.1. The maximum absolute atomic E-state index is 14.6. The summed E-state index contributed by atoms with van der Waals surface area (Å²) in [6, 6.07) is 28.9. The van der Waals surface area contributed by atoms with Crippen LogP contribution < -0.4 is 19.1 Å². The lowest BCUT2D eigenvalue weighted by Gasteiger charge is -2.34. The van der Waals surface area contributed by atoms with E-state index in [0.29, 0.717) is 18.7 Å². The van der Waals surface area contributed by atoms with E-state index in [0.717, 1.165) is 21.0 Å². The minimum atomic E-state index is -4.29. The van der Waals surface area contributed by atoms with Crippen LogP contribution in [-0.2, 0) is 32.6 Å². The van der Waals surface area contributed by atoms with Crippen LogP contribution >= 0.6 is 0 Å². The highest BCUT2D eigenvalue weighted by Crippen LogP contribution is 2.36. The number of carbonyl (C=O) groups excluding carboxylic acids is 2. The first-order valence-corrected chi connectivity index (χ1v) is 16.6. The maximum Gasteiger partial charge on any atom is 0.264 e. The molecule has 9 nitrogen and oxygen atoms in total. The fourth-order valence-corrected chi connectivity index (χ4v) is 6.47. The normalized spacial score (nSPS) is 11.7. The molecular formula is C36H41N3O6S. The molecule has 4 aromatic carbocycles. The third-order valence-corrected chi connectivity index (χ3v) is 9.33. The molecule has 0 saturated heterocycles. The summed E-state index contributed by atoms with van der Waals surface area (Å²) >= 11 is 0. The van der Waals surface area contributed by atoms with Gasteiger partial charge in [-0.05, 0) is 48.7 Å². The third kappa shape index (κ3) is 8.45.